The highest BCUT2D eigenvalue weighted by atomic mass is 35.5. The second-order valence-corrected chi connectivity index (χ2v) is 2.65. The molecule has 1 aromatic heterocycles. The molecule has 1 rings (SSSR count). The molecule has 1 atom stereocenters. The van der Waals surface area contributed by atoms with Crippen molar-refractivity contribution in [3.05, 3.63) is 17.4 Å². The summed E-state index contributed by atoms with van der Waals surface area (Å²) in [7, 11) is 0. The van der Waals surface area contributed by atoms with Crippen LogP contribution in [0.15, 0.2) is 12.4 Å². The van der Waals surface area contributed by atoms with E-state index in [2.05, 4.69) is 5.10 Å². The Balaban J connectivity index is 2.84. The smallest absolute Gasteiger partial charge is 0.241 e. The fraction of sp³-hybridized carbons (Fsp3) is 0.333. The number of rotatable bonds is 2. The third-order valence-corrected chi connectivity index (χ3v) is 1.57. The highest BCUT2D eigenvalue weighted by molar-refractivity contribution is 6.30. The maximum absolute atomic E-state index is 10.6. The Morgan fingerprint density at radius 3 is 2.91 bits per heavy atom. The largest absolute Gasteiger partial charge is 0.368 e. The van der Waals surface area contributed by atoms with Gasteiger partial charge in [-0.25, -0.2) is 0 Å². The summed E-state index contributed by atoms with van der Waals surface area (Å²) >= 11 is 5.57. The van der Waals surface area contributed by atoms with E-state index in [0.717, 1.165) is 0 Å². The van der Waals surface area contributed by atoms with Crippen molar-refractivity contribution in [1.82, 2.24) is 9.78 Å². The summed E-state index contributed by atoms with van der Waals surface area (Å²) in [4.78, 5) is 10.6. The summed E-state index contributed by atoms with van der Waals surface area (Å²) in [6, 6.07) is -0.442. The van der Waals surface area contributed by atoms with Crippen molar-refractivity contribution in [3.63, 3.8) is 0 Å². The number of halogens is 1. The van der Waals surface area contributed by atoms with Crippen LogP contribution in [0.1, 0.15) is 13.0 Å². The minimum Gasteiger partial charge on any atom is -0.368 e. The highest BCUT2D eigenvalue weighted by Crippen LogP contribution is 2.09. The predicted octanol–water partition coefficient (Wildman–Crippen LogP) is 0.583. The first-order chi connectivity index (χ1) is 5.11. The zero-order chi connectivity index (χ0) is 8.43. The van der Waals surface area contributed by atoms with Gasteiger partial charge in [-0.3, -0.25) is 9.48 Å². The molecule has 0 fully saturated rings. The maximum Gasteiger partial charge on any atom is 0.241 e. The number of hydrogen-bond donors (Lipinski definition) is 1. The van der Waals surface area contributed by atoms with E-state index in [0.29, 0.717) is 5.02 Å². The Labute approximate surface area is 68.9 Å². The van der Waals surface area contributed by atoms with Crippen LogP contribution in [0.4, 0.5) is 0 Å². The Hall–Kier alpha value is -1.03. The van der Waals surface area contributed by atoms with Crippen LogP contribution in [0.2, 0.25) is 5.02 Å². The number of carbonyl (C=O) groups is 1. The number of carbonyl (C=O) groups excluding carboxylic acids is 1. The Morgan fingerprint density at radius 2 is 2.55 bits per heavy atom. The van der Waals surface area contributed by atoms with Gasteiger partial charge in [0.25, 0.3) is 0 Å². The van der Waals surface area contributed by atoms with Crippen molar-refractivity contribution in [2.24, 2.45) is 5.73 Å². The average Bonchev–Trinajstić information content (AvgIpc) is 2.34. The van der Waals surface area contributed by atoms with Crippen molar-refractivity contribution in [2.75, 3.05) is 0 Å². The number of nitrogens with two attached hydrogens (primary N) is 1. The quantitative estimate of drug-likeness (QED) is 0.712. The molecule has 4 nitrogen and oxygen atoms in total. The fourth-order valence-corrected chi connectivity index (χ4v) is 0.801. The summed E-state index contributed by atoms with van der Waals surface area (Å²) in [6.07, 6.45) is 3.01. The lowest BCUT2D eigenvalue weighted by Crippen LogP contribution is -2.24. The van der Waals surface area contributed by atoms with E-state index >= 15 is 0 Å². The van der Waals surface area contributed by atoms with Crippen LogP contribution in [0.25, 0.3) is 0 Å². The minimum absolute atomic E-state index is 0.426. The number of aromatic nitrogens is 2. The molecule has 0 saturated heterocycles. The molecule has 0 spiro atoms. The summed E-state index contributed by atoms with van der Waals surface area (Å²) in [6.45, 7) is 1.66. The van der Waals surface area contributed by atoms with E-state index in [4.69, 9.17) is 17.3 Å². The van der Waals surface area contributed by atoms with Crippen molar-refractivity contribution >= 4 is 17.5 Å². The molecule has 5 heteroatoms. The standard InChI is InChI=1S/C6H8ClN3O/c1-4(6(8)11)10-3-5(7)2-9-10/h2-4H,1H3,(H2,8,11). The van der Waals surface area contributed by atoms with Crippen LogP contribution in [0, 0.1) is 0 Å². The first kappa shape index (κ1) is 8.07. The lowest BCUT2D eigenvalue weighted by atomic mass is 10.3. The zero-order valence-corrected chi connectivity index (χ0v) is 6.75. The Morgan fingerprint density at radius 1 is 1.91 bits per heavy atom. The zero-order valence-electron chi connectivity index (χ0n) is 5.99. The predicted molar refractivity (Wildman–Crippen MR) is 41.1 cm³/mol. The van der Waals surface area contributed by atoms with Gasteiger partial charge in [0.15, 0.2) is 0 Å². The van der Waals surface area contributed by atoms with Crippen LogP contribution in [-0.2, 0) is 4.79 Å². The molecule has 11 heavy (non-hydrogen) atoms. The number of hydrogen-bond acceptors (Lipinski definition) is 2. The fourth-order valence-electron chi connectivity index (χ4n) is 0.657. The monoisotopic (exact) mass is 173 g/mol. The number of amides is 1. The lowest BCUT2D eigenvalue weighted by Gasteiger charge is -2.05. The summed E-state index contributed by atoms with van der Waals surface area (Å²) in [5.74, 6) is -0.426. The van der Waals surface area contributed by atoms with Crippen molar-refractivity contribution in [1.29, 1.82) is 0 Å². The van der Waals surface area contributed by atoms with Crippen LogP contribution >= 0.6 is 11.6 Å². The molecule has 0 aliphatic carbocycles. The third-order valence-electron chi connectivity index (χ3n) is 1.38. The van der Waals surface area contributed by atoms with Crippen LogP contribution in [-0.4, -0.2) is 15.7 Å². The van der Waals surface area contributed by atoms with Gasteiger partial charge in [-0.15, -0.1) is 0 Å². The maximum atomic E-state index is 10.6. The van der Waals surface area contributed by atoms with E-state index in [1.54, 1.807) is 13.1 Å². The van der Waals surface area contributed by atoms with E-state index in [1.807, 2.05) is 0 Å². The third kappa shape index (κ3) is 1.71. The highest BCUT2D eigenvalue weighted by Gasteiger charge is 2.10. The molecule has 0 aliphatic rings. The Kier molecular flexibility index (Phi) is 2.14. The molecule has 1 amide bonds. The SMILES string of the molecule is CC(C(N)=O)n1cc(Cl)cn1. The molecular formula is C6H8ClN3O. The van der Waals surface area contributed by atoms with Gasteiger partial charge >= 0.3 is 0 Å². The normalized spacial score (nSPS) is 12.9. The second kappa shape index (κ2) is 2.92. The van der Waals surface area contributed by atoms with E-state index in [9.17, 15) is 4.79 Å². The molecule has 0 radical (unpaired) electrons. The molecule has 0 aliphatic heterocycles. The van der Waals surface area contributed by atoms with Crippen molar-refractivity contribution in [3.8, 4) is 0 Å². The molecule has 0 aromatic carbocycles. The van der Waals surface area contributed by atoms with Gasteiger partial charge in [-0.05, 0) is 6.92 Å². The average molecular weight is 174 g/mol. The van der Waals surface area contributed by atoms with Gasteiger partial charge in [-0.2, -0.15) is 5.10 Å². The van der Waals surface area contributed by atoms with Gasteiger partial charge in [0.1, 0.15) is 6.04 Å². The number of primary amides is 1. The first-order valence-electron chi connectivity index (χ1n) is 3.10. The van der Waals surface area contributed by atoms with Gasteiger partial charge in [0, 0.05) is 6.20 Å². The molecular weight excluding hydrogens is 166 g/mol. The summed E-state index contributed by atoms with van der Waals surface area (Å²) < 4.78 is 1.42. The lowest BCUT2D eigenvalue weighted by molar-refractivity contribution is -0.120. The topological polar surface area (TPSA) is 60.9 Å². The molecule has 1 unspecified atom stereocenters. The van der Waals surface area contributed by atoms with Crippen LogP contribution in [0.3, 0.4) is 0 Å². The Bertz CT molecular complexity index is 271. The molecule has 60 valence electrons. The minimum atomic E-state index is -0.442. The summed E-state index contributed by atoms with van der Waals surface area (Å²) in [5, 5.41) is 4.32. The summed E-state index contributed by atoms with van der Waals surface area (Å²) in [5.41, 5.74) is 5.03. The van der Waals surface area contributed by atoms with Crippen molar-refractivity contribution in [2.45, 2.75) is 13.0 Å². The number of nitrogens with zero attached hydrogens (tertiary/aromatic N) is 2. The van der Waals surface area contributed by atoms with E-state index in [-0.39, 0.29) is 0 Å². The molecule has 0 saturated carbocycles. The molecule has 2 N–H and O–H groups in total. The second-order valence-electron chi connectivity index (χ2n) is 2.22. The van der Waals surface area contributed by atoms with Crippen LogP contribution < -0.4 is 5.73 Å². The van der Waals surface area contributed by atoms with Gasteiger partial charge in [0.2, 0.25) is 5.91 Å². The molecule has 0 bridgehead atoms. The van der Waals surface area contributed by atoms with Crippen LogP contribution in [0.5, 0.6) is 0 Å². The van der Waals surface area contributed by atoms with Crippen molar-refractivity contribution < 1.29 is 4.79 Å². The first-order valence-corrected chi connectivity index (χ1v) is 3.48. The van der Waals surface area contributed by atoms with Gasteiger partial charge in [0.05, 0.1) is 11.2 Å². The molecule has 1 aromatic rings. The molecule has 1 heterocycles. The van der Waals surface area contributed by atoms with Gasteiger partial charge < -0.3 is 5.73 Å². The van der Waals surface area contributed by atoms with Gasteiger partial charge in [-0.1, -0.05) is 11.6 Å². The van der Waals surface area contributed by atoms with E-state index < -0.39 is 11.9 Å². The van der Waals surface area contributed by atoms with E-state index in [1.165, 1.54) is 10.9 Å².